The fraction of sp³-hybridized carbons (Fsp3) is 0.118. The van der Waals surface area contributed by atoms with Crippen molar-refractivity contribution >= 4 is 23.8 Å². The summed E-state index contributed by atoms with van der Waals surface area (Å²) in [6.07, 6.45) is 1.44. The summed E-state index contributed by atoms with van der Waals surface area (Å²) in [5.74, 6) is 0.104. The highest BCUT2D eigenvalue weighted by molar-refractivity contribution is 5.85. The Hall–Kier alpha value is -4.35. The van der Waals surface area contributed by atoms with E-state index in [9.17, 15) is 14.9 Å². The van der Waals surface area contributed by atoms with Crippen LogP contribution in [0.25, 0.3) is 0 Å². The number of para-hydroxylation sites is 1. The number of carbonyl (C=O) groups excluding carboxylic acids is 1. The lowest BCUT2D eigenvalue weighted by atomic mass is 10.2. The fourth-order valence-electron chi connectivity index (χ4n) is 2.26. The second-order valence-corrected chi connectivity index (χ2v) is 5.74. The van der Waals surface area contributed by atoms with Crippen LogP contribution in [-0.4, -0.2) is 37.3 Å². The zero-order chi connectivity index (χ0) is 20.6. The van der Waals surface area contributed by atoms with Crippen molar-refractivity contribution in [2.24, 2.45) is 5.10 Å². The number of nitro benzene ring substituents is 1. The van der Waals surface area contributed by atoms with Crippen LogP contribution in [-0.2, 0) is 17.9 Å². The summed E-state index contributed by atoms with van der Waals surface area (Å²) in [5, 5.41) is 25.0. The van der Waals surface area contributed by atoms with Crippen molar-refractivity contribution in [3.8, 4) is 5.75 Å². The van der Waals surface area contributed by atoms with Crippen LogP contribution in [0.1, 0.15) is 11.1 Å². The number of nitrogens with one attached hydrogen (secondary N) is 1. The number of hydrogen-bond acceptors (Lipinski definition) is 9. The molecule has 0 spiro atoms. The molecule has 148 valence electrons. The Morgan fingerprint density at radius 2 is 2.03 bits per heavy atom. The molecule has 0 atom stereocenters. The number of nitro groups is 1. The van der Waals surface area contributed by atoms with Crippen molar-refractivity contribution in [3.05, 3.63) is 69.8 Å². The van der Waals surface area contributed by atoms with E-state index >= 15 is 0 Å². The predicted octanol–water partition coefficient (Wildman–Crippen LogP) is 0.893. The predicted molar refractivity (Wildman–Crippen MR) is 102 cm³/mol. The van der Waals surface area contributed by atoms with E-state index in [0.717, 1.165) is 10.2 Å². The highest BCUT2D eigenvalue weighted by Crippen LogP contribution is 2.19. The highest BCUT2D eigenvalue weighted by atomic mass is 16.6. The van der Waals surface area contributed by atoms with E-state index in [1.165, 1.54) is 18.3 Å². The van der Waals surface area contributed by atoms with Gasteiger partial charge in [0.2, 0.25) is 5.95 Å². The van der Waals surface area contributed by atoms with Crippen molar-refractivity contribution in [2.45, 2.75) is 13.2 Å². The van der Waals surface area contributed by atoms with Crippen LogP contribution >= 0.6 is 0 Å². The van der Waals surface area contributed by atoms with Gasteiger partial charge in [-0.15, -0.1) is 0 Å². The Morgan fingerprint density at radius 1 is 1.28 bits per heavy atom. The third-order valence-corrected chi connectivity index (χ3v) is 3.71. The number of amides is 1. The van der Waals surface area contributed by atoms with E-state index in [1.54, 1.807) is 36.4 Å². The number of tetrazole rings is 1. The van der Waals surface area contributed by atoms with Crippen LogP contribution in [0.3, 0.4) is 0 Å². The fourth-order valence-corrected chi connectivity index (χ4v) is 2.26. The van der Waals surface area contributed by atoms with Crippen molar-refractivity contribution in [3.63, 3.8) is 0 Å². The van der Waals surface area contributed by atoms with Gasteiger partial charge >= 0.3 is 0 Å². The maximum Gasteiger partial charge on any atom is 0.269 e. The molecular weight excluding hydrogens is 380 g/mol. The molecular formula is C17H16N8O4. The van der Waals surface area contributed by atoms with Gasteiger partial charge in [-0.2, -0.15) is 5.10 Å². The number of anilines is 1. The first-order valence-electron chi connectivity index (χ1n) is 8.31. The van der Waals surface area contributed by atoms with Gasteiger partial charge < -0.3 is 10.5 Å². The van der Waals surface area contributed by atoms with E-state index < -0.39 is 10.8 Å². The van der Waals surface area contributed by atoms with E-state index in [0.29, 0.717) is 11.3 Å². The summed E-state index contributed by atoms with van der Waals surface area (Å²) < 4.78 is 6.89. The second-order valence-electron chi connectivity index (χ2n) is 5.74. The Balaban J connectivity index is 1.58. The minimum atomic E-state index is -0.460. The molecule has 0 radical (unpaired) electrons. The number of nitrogens with two attached hydrogens (primary N) is 1. The van der Waals surface area contributed by atoms with Crippen LogP contribution in [0, 0.1) is 10.1 Å². The maximum atomic E-state index is 11.8. The molecule has 0 bridgehead atoms. The summed E-state index contributed by atoms with van der Waals surface area (Å²) in [4.78, 5) is 22.1. The van der Waals surface area contributed by atoms with Gasteiger partial charge in [0.05, 0.1) is 11.1 Å². The number of non-ortho nitro benzene ring substituents is 1. The standard InChI is InChI=1S/C17H16N8O4/c18-17-21-22-23-24(17)10-16(26)20-19-9-13-3-1-2-4-15(13)29-11-12-5-7-14(8-6-12)25(27)28/h1-9H,10-11H2,(H,20,26)(H2,18,21,23). The first kappa shape index (κ1) is 19.4. The summed E-state index contributed by atoms with van der Waals surface area (Å²) in [6.45, 7) is 0.0439. The number of rotatable bonds is 8. The molecule has 0 aliphatic carbocycles. The second kappa shape index (κ2) is 9.03. The van der Waals surface area contributed by atoms with Crippen LogP contribution < -0.4 is 15.9 Å². The number of nitrogen functional groups attached to an aromatic ring is 1. The molecule has 1 aromatic heterocycles. The minimum absolute atomic E-state index is 0.0143. The maximum absolute atomic E-state index is 11.8. The van der Waals surface area contributed by atoms with Gasteiger partial charge in [-0.3, -0.25) is 14.9 Å². The first-order chi connectivity index (χ1) is 14.0. The molecule has 0 aliphatic rings. The summed E-state index contributed by atoms with van der Waals surface area (Å²) in [6, 6.07) is 13.2. The van der Waals surface area contributed by atoms with Gasteiger partial charge in [0.1, 0.15) is 18.9 Å². The van der Waals surface area contributed by atoms with Crippen LogP contribution in [0.5, 0.6) is 5.75 Å². The average molecular weight is 396 g/mol. The molecule has 29 heavy (non-hydrogen) atoms. The monoisotopic (exact) mass is 396 g/mol. The molecule has 0 saturated carbocycles. The highest BCUT2D eigenvalue weighted by Gasteiger charge is 2.08. The summed E-state index contributed by atoms with van der Waals surface area (Å²) in [5.41, 5.74) is 9.27. The van der Waals surface area contributed by atoms with Crippen molar-refractivity contribution in [1.29, 1.82) is 0 Å². The first-order valence-corrected chi connectivity index (χ1v) is 8.31. The van der Waals surface area contributed by atoms with Gasteiger partial charge in [0, 0.05) is 17.7 Å². The molecule has 0 saturated heterocycles. The Labute approximate surface area is 164 Å². The Bertz CT molecular complexity index is 1030. The van der Waals surface area contributed by atoms with E-state index in [4.69, 9.17) is 10.5 Å². The number of benzene rings is 2. The number of aromatic nitrogens is 4. The number of hydrazone groups is 1. The molecule has 3 rings (SSSR count). The topological polar surface area (TPSA) is 163 Å². The van der Waals surface area contributed by atoms with Gasteiger partial charge in [-0.05, 0) is 40.3 Å². The molecule has 0 aliphatic heterocycles. The number of hydrogen-bond donors (Lipinski definition) is 2. The van der Waals surface area contributed by atoms with Crippen LogP contribution in [0.2, 0.25) is 0 Å². The van der Waals surface area contributed by atoms with Crippen molar-refractivity contribution in [2.75, 3.05) is 5.73 Å². The molecule has 1 heterocycles. The lowest BCUT2D eigenvalue weighted by molar-refractivity contribution is -0.384. The Kier molecular flexibility index (Phi) is 6.05. The van der Waals surface area contributed by atoms with Gasteiger partial charge in [-0.25, -0.2) is 10.1 Å². The van der Waals surface area contributed by atoms with Crippen LogP contribution in [0.4, 0.5) is 11.6 Å². The molecule has 0 unspecified atom stereocenters. The normalized spacial score (nSPS) is 10.8. The summed E-state index contributed by atoms with van der Waals surface area (Å²) >= 11 is 0. The quantitative estimate of drug-likeness (QED) is 0.322. The van der Waals surface area contributed by atoms with E-state index in [2.05, 4.69) is 26.1 Å². The molecule has 0 fully saturated rings. The number of nitrogens with zero attached hydrogens (tertiary/aromatic N) is 6. The number of ether oxygens (including phenoxy) is 1. The average Bonchev–Trinajstić information content (AvgIpc) is 3.12. The van der Waals surface area contributed by atoms with E-state index in [-0.39, 0.29) is 24.8 Å². The molecule has 3 aromatic rings. The van der Waals surface area contributed by atoms with E-state index in [1.807, 2.05) is 0 Å². The smallest absolute Gasteiger partial charge is 0.269 e. The molecule has 1 amide bonds. The molecule has 12 heteroatoms. The van der Waals surface area contributed by atoms with Gasteiger partial charge in [-0.1, -0.05) is 17.2 Å². The number of carbonyl (C=O) groups is 1. The zero-order valence-corrected chi connectivity index (χ0v) is 15.0. The lowest BCUT2D eigenvalue weighted by Crippen LogP contribution is -2.24. The minimum Gasteiger partial charge on any atom is -0.488 e. The Morgan fingerprint density at radius 3 is 2.72 bits per heavy atom. The van der Waals surface area contributed by atoms with Gasteiger partial charge in [0.25, 0.3) is 11.6 Å². The zero-order valence-electron chi connectivity index (χ0n) is 15.0. The largest absolute Gasteiger partial charge is 0.488 e. The van der Waals surface area contributed by atoms with Crippen molar-refractivity contribution in [1.82, 2.24) is 25.6 Å². The van der Waals surface area contributed by atoms with Gasteiger partial charge in [0.15, 0.2) is 0 Å². The van der Waals surface area contributed by atoms with Crippen molar-refractivity contribution < 1.29 is 14.5 Å². The molecule has 2 aromatic carbocycles. The molecule has 12 nitrogen and oxygen atoms in total. The third kappa shape index (κ3) is 5.32. The van der Waals surface area contributed by atoms with Crippen LogP contribution in [0.15, 0.2) is 53.6 Å². The molecule has 3 N–H and O–H groups in total. The lowest BCUT2D eigenvalue weighted by Gasteiger charge is -2.09. The third-order valence-electron chi connectivity index (χ3n) is 3.71. The summed E-state index contributed by atoms with van der Waals surface area (Å²) in [7, 11) is 0. The SMILES string of the molecule is Nc1nnnn1CC(=O)NN=Cc1ccccc1OCc1ccc([N+](=O)[O-])cc1.